The van der Waals surface area contributed by atoms with Crippen LogP contribution in [0.15, 0.2) is 42.0 Å². The number of imide groups is 1. The lowest BCUT2D eigenvalue weighted by molar-refractivity contribution is -0.139. The van der Waals surface area contributed by atoms with Gasteiger partial charge in [-0.1, -0.05) is 30.3 Å². The van der Waals surface area contributed by atoms with Gasteiger partial charge in [0.1, 0.15) is 0 Å². The van der Waals surface area contributed by atoms with Crippen LogP contribution in [0.5, 0.6) is 0 Å². The number of hydrogen-bond acceptors (Lipinski definition) is 2. The van der Waals surface area contributed by atoms with Gasteiger partial charge in [0, 0.05) is 18.5 Å². The molecule has 0 radical (unpaired) electrons. The molecule has 0 saturated heterocycles. The second kappa shape index (κ2) is 4.50. The van der Waals surface area contributed by atoms with E-state index in [0.29, 0.717) is 13.0 Å². The first-order chi connectivity index (χ1) is 9.18. The minimum Gasteiger partial charge on any atom is -0.275 e. The largest absolute Gasteiger partial charge is 0.275 e. The summed E-state index contributed by atoms with van der Waals surface area (Å²) in [5, 5.41) is 0. The quantitative estimate of drug-likeness (QED) is 0.720. The van der Waals surface area contributed by atoms with Gasteiger partial charge in [-0.2, -0.15) is 0 Å². The van der Waals surface area contributed by atoms with Gasteiger partial charge in [0.25, 0.3) is 11.8 Å². The fourth-order valence-corrected chi connectivity index (χ4v) is 2.71. The van der Waals surface area contributed by atoms with Gasteiger partial charge in [0.05, 0.1) is 0 Å². The number of fused-ring (bicyclic) bond motifs is 1. The minimum atomic E-state index is -0.201. The highest BCUT2D eigenvalue weighted by molar-refractivity contribution is 6.12. The third-order valence-corrected chi connectivity index (χ3v) is 3.79. The van der Waals surface area contributed by atoms with Gasteiger partial charge in [0.15, 0.2) is 0 Å². The lowest BCUT2D eigenvalue weighted by Crippen LogP contribution is -2.39. The summed E-state index contributed by atoms with van der Waals surface area (Å²) in [6.45, 7) is 2.45. The standard InChI is InChI=1S/C16H15NO2/c1-11-13-7-3-2-6-12(13)10-14(11)16(19)17-9-5-4-8-15(17)18/h2-4,6-8H,5,9-10H2,1H3. The summed E-state index contributed by atoms with van der Waals surface area (Å²) in [6, 6.07) is 8.03. The molecule has 19 heavy (non-hydrogen) atoms. The lowest BCUT2D eigenvalue weighted by atomic mass is 10.1. The maximum atomic E-state index is 12.5. The van der Waals surface area contributed by atoms with Crippen LogP contribution in [0, 0.1) is 0 Å². The van der Waals surface area contributed by atoms with E-state index in [2.05, 4.69) is 0 Å². The second-order valence-corrected chi connectivity index (χ2v) is 4.92. The van der Waals surface area contributed by atoms with E-state index in [9.17, 15) is 9.59 Å². The normalized spacial score (nSPS) is 17.9. The molecule has 0 N–H and O–H groups in total. The molecule has 0 atom stereocenters. The van der Waals surface area contributed by atoms with E-state index >= 15 is 0 Å². The van der Waals surface area contributed by atoms with Crippen molar-refractivity contribution in [1.29, 1.82) is 0 Å². The van der Waals surface area contributed by atoms with Crippen molar-refractivity contribution < 1.29 is 9.59 Å². The Bertz CT molecular complexity index is 625. The summed E-state index contributed by atoms with van der Waals surface area (Å²) in [5.74, 6) is -0.337. The highest BCUT2D eigenvalue weighted by Gasteiger charge is 2.29. The van der Waals surface area contributed by atoms with Crippen LogP contribution in [0.1, 0.15) is 24.5 Å². The Morgan fingerprint density at radius 2 is 2.05 bits per heavy atom. The molecule has 3 rings (SSSR count). The monoisotopic (exact) mass is 253 g/mol. The zero-order valence-electron chi connectivity index (χ0n) is 10.8. The molecule has 3 nitrogen and oxygen atoms in total. The molecular weight excluding hydrogens is 238 g/mol. The molecule has 1 aromatic rings. The molecular formula is C16H15NO2. The Hall–Kier alpha value is -2.16. The molecule has 3 heteroatoms. The van der Waals surface area contributed by atoms with Crippen molar-refractivity contribution >= 4 is 17.4 Å². The molecule has 96 valence electrons. The first kappa shape index (κ1) is 11.9. The third kappa shape index (κ3) is 1.91. The van der Waals surface area contributed by atoms with Crippen LogP contribution in [0.25, 0.3) is 5.57 Å². The molecule has 1 aromatic carbocycles. The maximum Gasteiger partial charge on any atom is 0.257 e. The van der Waals surface area contributed by atoms with Gasteiger partial charge in [0.2, 0.25) is 0 Å². The zero-order chi connectivity index (χ0) is 13.4. The number of carbonyl (C=O) groups excluding carboxylic acids is 2. The number of benzene rings is 1. The Labute approximate surface area is 112 Å². The van der Waals surface area contributed by atoms with E-state index < -0.39 is 0 Å². The smallest absolute Gasteiger partial charge is 0.257 e. The van der Waals surface area contributed by atoms with Gasteiger partial charge < -0.3 is 0 Å². The first-order valence-corrected chi connectivity index (χ1v) is 6.49. The van der Waals surface area contributed by atoms with Gasteiger partial charge in [-0.25, -0.2) is 0 Å². The topological polar surface area (TPSA) is 37.4 Å². The summed E-state index contributed by atoms with van der Waals surface area (Å²) >= 11 is 0. The molecule has 1 heterocycles. The number of nitrogens with zero attached hydrogens (tertiary/aromatic N) is 1. The van der Waals surface area contributed by atoms with E-state index in [1.54, 1.807) is 0 Å². The maximum absolute atomic E-state index is 12.5. The summed E-state index contributed by atoms with van der Waals surface area (Å²) < 4.78 is 0. The van der Waals surface area contributed by atoms with Gasteiger partial charge >= 0.3 is 0 Å². The van der Waals surface area contributed by atoms with E-state index in [0.717, 1.165) is 23.1 Å². The Kier molecular flexibility index (Phi) is 2.82. The predicted octanol–water partition coefficient (Wildman–Crippen LogP) is 2.33. The molecule has 0 fully saturated rings. The Morgan fingerprint density at radius 3 is 2.79 bits per heavy atom. The van der Waals surface area contributed by atoms with Crippen LogP contribution >= 0.6 is 0 Å². The molecule has 0 saturated carbocycles. The van der Waals surface area contributed by atoms with Crippen molar-refractivity contribution in [1.82, 2.24) is 4.90 Å². The molecule has 0 bridgehead atoms. The number of rotatable bonds is 1. The highest BCUT2D eigenvalue weighted by Crippen LogP contribution is 2.33. The molecule has 1 aliphatic heterocycles. The van der Waals surface area contributed by atoms with Crippen LogP contribution in [0.2, 0.25) is 0 Å². The average molecular weight is 253 g/mol. The average Bonchev–Trinajstić information content (AvgIpc) is 2.77. The molecule has 1 aliphatic carbocycles. The van der Waals surface area contributed by atoms with Crippen LogP contribution in [0.3, 0.4) is 0 Å². The minimum absolute atomic E-state index is 0.136. The van der Waals surface area contributed by atoms with Crippen LogP contribution < -0.4 is 0 Å². The first-order valence-electron chi connectivity index (χ1n) is 6.49. The number of allylic oxidation sites excluding steroid dienone is 1. The van der Waals surface area contributed by atoms with Crippen molar-refractivity contribution in [2.45, 2.75) is 19.8 Å². The lowest BCUT2D eigenvalue weighted by Gasteiger charge is -2.22. The molecule has 2 aliphatic rings. The van der Waals surface area contributed by atoms with Crippen molar-refractivity contribution in [3.8, 4) is 0 Å². The van der Waals surface area contributed by atoms with Crippen LogP contribution in [-0.2, 0) is 16.0 Å². The van der Waals surface area contributed by atoms with E-state index in [1.807, 2.05) is 37.3 Å². The van der Waals surface area contributed by atoms with E-state index in [1.165, 1.54) is 16.5 Å². The van der Waals surface area contributed by atoms with Gasteiger partial charge in [-0.3, -0.25) is 14.5 Å². The number of amides is 2. The summed E-state index contributed by atoms with van der Waals surface area (Å²) in [5.41, 5.74) is 4.06. The fraction of sp³-hybridized carbons (Fsp3) is 0.250. The zero-order valence-corrected chi connectivity index (χ0v) is 10.8. The SMILES string of the molecule is CC1=C(C(=O)N2CCC=CC2=O)Cc2ccccc21. The van der Waals surface area contributed by atoms with Crippen LogP contribution in [0.4, 0.5) is 0 Å². The molecule has 0 spiro atoms. The highest BCUT2D eigenvalue weighted by atomic mass is 16.2. The van der Waals surface area contributed by atoms with Crippen molar-refractivity contribution in [3.05, 3.63) is 53.1 Å². The summed E-state index contributed by atoms with van der Waals surface area (Å²) in [7, 11) is 0. The summed E-state index contributed by atoms with van der Waals surface area (Å²) in [6.07, 6.45) is 4.68. The molecule has 2 amide bonds. The predicted molar refractivity (Wildman–Crippen MR) is 73.2 cm³/mol. The van der Waals surface area contributed by atoms with Crippen molar-refractivity contribution in [2.75, 3.05) is 6.54 Å². The van der Waals surface area contributed by atoms with E-state index in [4.69, 9.17) is 0 Å². The van der Waals surface area contributed by atoms with Crippen molar-refractivity contribution in [2.24, 2.45) is 0 Å². The summed E-state index contributed by atoms with van der Waals surface area (Å²) in [4.78, 5) is 25.6. The number of carbonyl (C=O) groups is 2. The van der Waals surface area contributed by atoms with E-state index in [-0.39, 0.29) is 11.8 Å². The van der Waals surface area contributed by atoms with Gasteiger partial charge in [-0.05, 0) is 36.1 Å². The molecule has 0 aromatic heterocycles. The molecule has 0 unspecified atom stereocenters. The second-order valence-electron chi connectivity index (χ2n) is 4.92. The Balaban J connectivity index is 1.93. The Morgan fingerprint density at radius 1 is 1.26 bits per heavy atom. The fourth-order valence-electron chi connectivity index (χ4n) is 2.71. The van der Waals surface area contributed by atoms with Gasteiger partial charge in [-0.15, -0.1) is 0 Å². The van der Waals surface area contributed by atoms with Crippen LogP contribution in [-0.4, -0.2) is 23.3 Å². The number of hydrogen-bond donors (Lipinski definition) is 0. The van der Waals surface area contributed by atoms with Crippen molar-refractivity contribution in [3.63, 3.8) is 0 Å². The third-order valence-electron chi connectivity index (χ3n) is 3.79.